The van der Waals surface area contributed by atoms with Gasteiger partial charge in [0.25, 0.3) is 0 Å². The van der Waals surface area contributed by atoms with E-state index in [1.165, 1.54) is 0 Å². The van der Waals surface area contributed by atoms with E-state index in [9.17, 15) is 5.11 Å². The molecule has 0 aliphatic rings. The molecule has 0 fully saturated rings. The van der Waals surface area contributed by atoms with Crippen LogP contribution in [0.3, 0.4) is 0 Å². The molecule has 0 unspecified atom stereocenters. The van der Waals surface area contributed by atoms with E-state index in [1.807, 2.05) is 30.3 Å². The van der Waals surface area contributed by atoms with E-state index in [0.717, 1.165) is 22.3 Å². The number of hydrogen-bond donors (Lipinski definition) is 1. The van der Waals surface area contributed by atoms with Crippen LogP contribution < -0.4 is 4.74 Å². The van der Waals surface area contributed by atoms with Crippen molar-refractivity contribution < 1.29 is 9.84 Å². The molecule has 0 saturated heterocycles. The number of aromatic nitrogens is 1. The van der Waals surface area contributed by atoms with Crippen LogP contribution in [0.25, 0.3) is 10.9 Å². The van der Waals surface area contributed by atoms with Gasteiger partial charge in [0.1, 0.15) is 18.1 Å². The Hall–Kier alpha value is -2.13. The SMILES string of the molecule is CC(C)n1c(COc2ccc(Cl)cc2)cc2cc(O)ccc21. The standard InChI is InChI=1S/C18H18ClNO2/c1-12(2)20-15(9-13-10-16(21)5-8-18(13)20)11-22-17-6-3-14(19)4-7-17/h3-10,12,21H,11H2,1-2H3. The Bertz CT molecular complexity index is 791. The molecule has 0 saturated carbocycles. The minimum absolute atomic E-state index is 0.276. The summed E-state index contributed by atoms with van der Waals surface area (Å²) in [5.74, 6) is 1.06. The number of ether oxygens (including phenoxy) is 1. The Labute approximate surface area is 134 Å². The highest BCUT2D eigenvalue weighted by molar-refractivity contribution is 6.30. The lowest BCUT2D eigenvalue weighted by Gasteiger charge is -2.15. The molecule has 114 valence electrons. The topological polar surface area (TPSA) is 34.4 Å². The average molecular weight is 316 g/mol. The zero-order valence-corrected chi connectivity index (χ0v) is 13.3. The van der Waals surface area contributed by atoms with E-state index in [-0.39, 0.29) is 5.75 Å². The molecule has 3 aromatic rings. The molecule has 4 heteroatoms. The predicted octanol–water partition coefficient (Wildman–Crippen LogP) is 5.16. The van der Waals surface area contributed by atoms with E-state index in [0.29, 0.717) is 17.7 Å². The van der Waals surface area contributed by atoms with Gasteiger partial charge in [0.2, 0.25) is 0 Å². The molecule has 3 rings (SSSR count). The Balaban J connectivity index is 1.92. The Kier molecular flexibility index (Phi) is 3.99. The number of fused-ring (bicyclic) bond motifs is 1. The van der Waals surface area contributed by atoms with Gasteiger partial charge in [0.15, 0.2) is 0 Å². The molecule has 1 heterocycles. The average Bonchev–Trinajstić information content (AvgIpc) is 2.84. The number of rotatable bonds is 4. The summed E-state index contributed by atoms with van der Waals surface area (Å²) in [6.45, 7) is 4.74. The van der Waals surface area contributed by atoms with Crippen LogP contribution in [-0.4, -0.2) is 9.67 Å². The third-order valence-corrected chi connectivity index (χ3v) is 3.87. The predicted molar refractivity (Wildman–Crippen MR) is 89.8 cm³/mol. The second kappa shape index (κ2) is 5.93. The van der Waals surface area contributed by atoms with Gasteiger partial charge in [-0.05, 0) is 62.4 Å². The van der Waals surface area contributed by atoms with Crippen molar-refractivity contribution in [1.82, 2.24) is 4.57 Å². The van der Waals surface area contributed by atoms with Gasteiger partial charge < -0.3 is 14.4 Å². The summed E-state index contributed by atoms with van der Waals surface area (Å²) in [4.78, 5) is 0. The first kappa shape index (κ1) is 14.8. The summed E-state index contributed by atoms with van der Waals surface area (Å²) in [7, 11) is 0. The molecule has 0 atom stereocenters. The van der Waals surface area contributed by atoms with E-state index in [2.05, 4.69) is 24.5 Å². The lowest BCUT2D eigenvalue weighted by Crippen LogP contribution is -2.08. The fraction of sp³-hybridized carbons (Fsp3) is 0.222. The normalized spacial score (nSPS) is 11.3. The van der Waals surface area contributed by atoms with Crippen molar-refractivity contribution in [3.05, 3.63) is 59.2 Å². The highest BCUT2D eigenvalue weighted by atomic mass is 35.5. The minimum Gasteiger partial charge on any atom is -0.508 e. The fourth-order valence-electron chi connectivity index (χ4n) is 2.69. The third kappa shape index (κ3) is 2.90. The quantitative estimate of drug-likeness (QED) is 0.721. The van der Waals surface area contributed by atoms with Crippen LogP contribution in [0.1, 0.15) is 25.6 Å². The second-order valence-corrected chi connectivity index (χ2v) is 6.02. The fourth-order valence-corrected chi connectivity index (χ4v) is 2.82. The van der Waals surface area contributed by atoms with Crippen LogP contribution in [0, 0.1) is 0 Å². The molecule has 0 amide bonds. The number of phenolic OH excluding ortho intramolecular Hbond substituents is 1. The van der Waals surface area contributed by atoms with Gasteiger partial charge in [-0.15, -0.1) is 0 Å². The van der Waals surface area contributed by atoms with Gasteiger partial charge in [0, 0.05) is 22.0 Å². The van der Waals surface area contributed by atoms with Crippen molar-refractivity contribution >= 4 is 22.5 Å². The molecular weight excluding hydrogens is 298 g/mol. The van der Waals surface area contributed by atoms with Crippen molar-refractivity contribution in [2.75, 3.05) is 0 Å². The van der Waals surface area contributed by atoms with Crippen LogP contribution in [-0.2, 0) is 6.61 Å². The highest BCUT2D eigenvalue weighted by Crippen LogP contribution is 2.28. The van der Waals surface area contributed by atoms with Gasteiger partial charge in [-0.1, -0.05) is 11.6 Å². The third-order valence-electron chi connectivity index (χ3n) is 3.62. The van der Waals surface area contributed by atoms with Gasteiger partial charge in [-0.3, -0.25) is 0 Å². The summed E-state index contributed by atoms with van der Waals surface area (Å²) >= 11 is 5.88. The van der Waals surface area contributed by atoms with Crippen molar-refractivity contribution in [1.29, 1.82) is 0 Å². The molecule has 0 aliphatic heterocycles. The lowest BCUT2D eigenvalue weighted by atomic mass is 10.2. The molecule has 2 aromatic carbocycles. The van der Waals surface area contributed by atoms with Crippen LogP contribution in [0.4, 0.5) is 0 Å². The zero-order chi connectivity index (χ0) is 15.7. The van der Waals surface area contributed by atoms with Crippen molar-refractivity contribution in [3.8, 4) is 11.5 Å². The molecule has 0 radical (unpaired) electrons. The van der Waals surface area contributed by atoms with E-state index < -0.39 is 0 Å². The van der Waals surface area contributed by atoms with Crippen molar-refractivity contribution in [2.24, 2.45) is 0 Å². The van der Waals surface area contributed by atoms with Gasteiger partial charge in [0.05, 0.1) is 5.69 Å². The van der Waals surface area contributed by atoms with Crippen LogP contribution in [0.2, 0.25) is 5.02 Å². The van der Waals surface area contributed by atoms with Gasteiger partial charge >= 0.3 is 0 Å². The summed E-state index contributed by atoms with van der Waals surface area (Å²) < 4.78 is 8.08. The largest absolute Gasteiger partial charge is 0.508 e. The van der Waals surface area contributed by atoms with E-state index in [4.69, 9.17) is 16.3 Å². The number of hydrogen-bond acceptors (Lipinski definition) is 2. The first-order valence-electron chi connectivity index (χ1n) is 7.26. The molecule has 0 bridgehead atoms. The molecule has 0 spiro atoms. The number of phenols is 1. The Morgan fingerprint density at radius 1 is 1.09 bits per heavy atom. The molecule has 1 aromatic heterocycles. The van der Waals surface area contributed by atoms with Crippen LogP contribution in [0.5, 0.6) is 11.5 Å². The molecule has 3 nitrogen and oxygen atoms in total. The highest BCUT2D eigenvalue weighted by Gasteiger charge is 2.12. The zero-order valence-electron chi connectivity index (χ0n) is 12.6. The minimum atomic E-state index is 0.276. The summed E-state index contributed by atoms with van der Waals surface area (Å²) in [5, 5.41) is 11.4. The first-order valence-corrected chi connectivity index (χ1v) is 7.63. The maximum absolute atomic E-state index is 9.65. The maximum Gasteiger partial charge on any atom is 0.128 e. The van der Waals surface area contributed by atoms with Gasteiger partial charge in [-0.25, -0.2) is 0 Å². The second-order valence-electron chi connectivity index (χ2n) is 5.59. The first-order chi connectivity index (χ1) is 10.5. The maximum atomic E-state index is 9.65. The number of nitrogens with zero attached hydrogens (tertiary/aromatic N) is 1. The molecule has 22 heavy (non-hydrogen) atoms. The van der Waals surface area contributed by atoms with Gasteiger partial charge in [-0.2, -0.15) is 0 Å². The molecular formula is C18H18ClNO2. The van der Waals surface area contributed by atoms with Crippen molar-refractivity contribution in [3.63, 3.8) is 0 Å². The van der Waals surface area contributed by atoms with E-state index >= 15 is 0 Å². The monoisotopic (exact) mass is 315 g/mol. The molecule has 1 N–H and O–H groups in total. The number of aromatic hydroxyl groups is 1. The molecule has 0 aliphatic carbocycles. The Morgan fingerprint density at radius 3 is 2.50 bits per heavy atom. The number of benzene rings is 2. The Morgan fingerprint density at radius 2 is 1.82 bits per heavy atom. The van der Waals surface area contributed by atoms with Crippen LogP contribution >= 0.6 is 11.6 Å². The number of halogens is 1. The summed E-state index contributed by atoms with van der Waals surface area (Å²) in [6.07, 6.45) is 0. The van der Waals surface area contributed by atoms with Crippen LogP contribution in [0.15, 0.2) is 48.5 Å². The smallest absolute Gasteiger partial charge is 0.128 e. The summed E-state index contributed by atoms with van der Waals surface area (Å²) in [5.41, 5.74) is 2.17. The lowest BCUT2D eigenvalue weighted by molar-refractivity contribution is 0.293. The summed E-state index contributed by atoms with van der Waals surface area (Å²) in [6, 6.07) is 15.1. The van der Waals surface area contributed by atoms with Crippen molar-refractivity contribution in [2.45, 2.75) is 26.5 Å². The van der Waals surface area contributed by atoms with E-state index in [1.54, 1.807) is 12.1 Å².